The summed E-state index contributed by atoms with van der Waals surface area (Å²) in [6, 6.07) is 10.1. The number of benzene rings is 2. The lowest BCUT2D eigenvalue weighted by Gasteiger charge is -2.09. The number of aliphatic carboxylic acids is 1. The topological polar surface area (TPSA) is 85.5 Å². The Balaban J connectivity index is 1.92. The largest absolute Gasteiger partial charge is 0.478 e. The van der Waals surface area contributed by atoms with E-state index in [-0.39, 0.29) is 5.71 Å². The monoisotopic (exact) mass is 435 g/mol. The van der Waals surface area contributed by atoms with Crippen LogP contribution in [0.5, 0.6) is 0 Å². The maximum atomic E-state index is 12.6. The van der Waals surface area contributed by atoms with E-state index in [1.807, 2.05) is 25.1 Å². The molecule has 158 valence electrons. The quantitative estimate of drug-likeness (QED) is 0.215. The zero-order valence-corrected chi connectivity index (χ0v) is 17.1. The second kappa shape index (κ2) is 10.1. The minimum Gasteiger partial charge on any atom is -0.478 e. The molecule has 2 aromatic carbocycles. The average Bonchev–Trinajstić information content (AvgIpc) is 2.69. The molecule has 0 fully saturated rings. The Morgan fingerprint density at radius 3 is 2.47 bits per heavy atom. The Hall–Kier alpha value is -3.07. The Morgan fingerprint density at radius 1 is 1.23 bits per heavy atom. The Labute approximate surface area is 176 Å². The standard InChI is InChI=1S/C21H20F3N3O2S/c1-13-11-18(9-3-15(13)4-10-20(28)29)30-12-19(25)14(2)26-27-17-7-5-16(6-8-17)21(22,23)24/h3-11,25,27H,12H2,1-2H3,(H,28,29)/b10-4-,25-19?,26-14-. The second-order valence-corrected chi connectivity index (χ2v) is 7.39. The molecule has 2 aromatic rings. The first-order chi connectivity index (χ1) is 14.1. The number of carboxylic acids is 1. The number of carboxylic acid groups (broad SMARTS) is 1. The molecular weight excluding hydrogens is 415 g/mol. The molecule has 3 N–H and O–H groups in total. The van der Waals surface area contributed by atoms with Gasteiger partial charge in [-0.05, 0) is 67.4 Å². The molecule has 9 heteroatoms. The number of anilines is 1. The lowest BCUT2D eigenvalue weighted by Crippen LogP contribution is -2.13. The van der Waals surface area contributed by atoms with Crippen molar-refractivity contribution in [3.63, 3.8) is 0 Å². The number of hydrogen-bond donors (Lipinski definition) is 3. The minimum atomic E-state index is -4.39. The second-order valence-electron chi connectivity index (χ2n) is 6.34. The normalized spacial score (nSPS) is 12.2. The maximum absolute atomic E-state index is 12.6. The molecule has 2 rings (SSSR count). The molecule has 0 amide bonds. The summed E-state index contributed by atoms with van der Waals surface area (Å²) in [7, 11) is 0. The fourth-order valence-electron chi connectivity index (χ4n) is 2.30. The Bertz CT molecular complexity index is 984. The fraction of sp³-hybridized carbons (Fsp3) is 0.190. The van der Waals surface area contributed by atoms with Gasteiger partial charge in [-0.1, -0.05) is 6.07 Å². The van der Waals surface area contributed by atoms with Crippen LogP contribution in [0.2, 0.25) is 0 Å². The van der Waals surface area contributed by atoms with E-state index < -0.39 is 17.7 Å². The summed E-state index contributed by atoms with van der Waals surface area (Å²) in [6.07, 6.45) is -1.79. The molecule has 5 nitrogen and oxygen atoms in total. The van der Waals surface area contributed by atoms with Gasteiger partial charge in [-0.25, -0.2) is 4.79 Å². The van der Waals surface area contributed by atoms with Gasteiger partial charge in [-0.15, -0.1) is 11.8 Å². The highest BCUT2D eigenvalue weighted by Gasteiger charge is 2.29. The first-order valence-electron chi connectivity index (χ1n) is 8.76. The SMILES string of the molecule is C/C(=N/Nc1ccc(C(F)(F)F)cc1)C(=N)CSc1ccc(/C=C\C(=O)O)c(C)c1. The summed E-state index contributed by atoms with van der Waals surface area (Å²) in [5, 5.41) is 20.9. The summed E-state index contributed by atoms with van der Waals surface area (Å²) in [5.74, 6) is -0.658. The van der Waals surface area contributed by atoms with Crippen LogP contribution in [0.3, 0.4) is 0 Å². The van der Waals surface area contributed by atoms with Gasteiger partial charge in [0.25, 0.3) is 0 Å². The highest BCUT2D eigenvalue weighted by Crippen LogP contribution is 2.29. The van der Waals surface area contributed by atoms with Crippen LogP contribution in [0.4, 0.5) is 18.9 Å². The van der Waals surface area contributed by atoms with E-state index in [2.05, 4.69) is 10.5 Å². The predicted octanol–water partition coefficient (Wildman–Crippen LogP) is 5.71. The van der Waals surface area contributed by atoms with E-state index in [4.69, 9.17) is 10.5 Å². The third-order valence-electron chi connectivity index (χ3n) is 4.03. The number of aryl methyl sites for hydroxylation is 1. The van der Waals surface area contributed by atoms with Crippen molar-refractivity contribution in [3.8, 4) is 0 Å². The first kappa shape index (κ1) is 23.2. The van der Waals surface area contributed by atoms with Gasteiger partial charge in [-0.3, -0.25) is 5.43 Å². The number of nitrogens with zero attached hydrogens (tertiary/aromatic N) is 1. The zero-order valence-electron chi connectivity index (χ0n) is 16.2. The lowest BCUT2D eigenvalue weighted by molar-refractivity contribution is -0.137. The molecule has 0 saturated heterocycles. The van der Waals surface area contributed by atoms with Crippen LogP contribution < -0.4 is 5.43 Å². The van der Waals surface area contributed by atoms with Gasteiger partial charge < -0.3 is 10.5 Å². The maximum Gasteiger partial charge on any atom is 0.416 e. The number of halogens is 3. The number of rotatable bonds is 8. The summed E-state index contributed by atoms with van der Waals surface area (Å²) in [4.78, 5) is 11.5. The van der Waals surface area contributed by atoms with Crippen LogP contribution in [0.1, 0.15) is 23.6 Å². The zero-order chi connectivity index (χ0) is 22.3. The number of nitrogens with one attached hydrogen (secondary N) is 2. The van der Waals surface area contributed by atoms with Gasteiger partial charge in [0.05, 0.1) is 22.7 Å². The molecule has 0 heterocycles. The number of thioether (sulfide) groups is 1. The highest BCUT2D eigenvalue weighted by atomic mass is 32.2. The highest BCUT2D eigenvalue weighted by molar-refractivity contribution is 8.00. The number of alkyl halides is 3. The number of hydrazone groups is 1. The number of hydrogen-bond acceptors (Lipinski definition) is 5. The van der Waals surface area contributed by atoms with Crippen LogP contribution >= 0.6 is 11.8 Å². The van der Waals surface area contributed by atoms with Crippen molar-refractivity contribution in [1.82, 2.24) is 0 Å². The van der Waals surface area contributed by atoms with Crippen LogP contribution in [0.15, 0.2) is 58.5 Å². The van der Waals surface area contributed by atoms with E-state index in [9.17, 15) is 18.0 Å². The fourth-order valence-corrected chi connectivity index (χ4v) is 3.24. The summed E-state index contributed by atoms with van der Waals surface area (Å²) in [5.41, 5.74) is 4.71. The molecule has 0 spiro atoms. The van der Waals surface area contributed by atoms with Crippen LogP contribution in [-0.4, -0.2) is 28.3 Å². The Morgan fingerprint density at radius 2 is 1.90 bits per heavy atom. The molecule has 0 unspecified atom stereocenters. The van der Waals surface area contributed by atoms with Gasteiger partial charge >= 0.3 is 12.1 Å². The van der Waals surface area contributed by atoms with E-state index in [1.165, 1.54) is 30.0 Å². The number of carbonyl (C=O) groups is 1. The lowest BCUT2D eigenvalue weighted by atomic mass is 10.1. The Kier molecular flexibility index (Phi) is 7.82. The predicted molar refractivity (Wildman–Crippen MR) is 114 cm³/mol. The molecule has 0 radical (unpaired) electrons. The summed E-state index contributed by atoms with van der Waals surface area (Å²) in [6.45, 7) is 3.52. The third kappa shape index (κ3) is 7.07. The molecule has 0 aliphatic heterocycles. The van der Waals surface area contributed by atoms with E-state index in [1.54, 1.807) is 6.92 Å². The smallest absolute Gasteiger partial charge is 0.416 e. The van der Waals surface area contributed by atoms with Crippen LogP contribution in [-0.2, 0) is 11.0 Å². The average molecular weight is 435 g/mol. The van der Waals surface area contributed by atoms with Crippen molar-refractivity contribution in [2.45, 2.75) is 24.9 Å². The first-order valence-corrected chi connectivity index (χ1v) is 9.74. The molecule has 0 bridgehead atoms. The van der Waals surface area contributed by atoms with E-state index in [0.717, 1.165) is 34.2 Å². The van der Waals surface area contributed by atoms with E-state index >= 15 is 0 Å². The van der Waals surface area contributed by atoms with Crippen molar-refractivity contribution in [2.24, 2.45) is 5.10 Å². The molecule has 0 aromatic heterocycles. The van der Waals surface area contributed by atoms with Gasteiger partial charge in [0.2, 0.25) is 0 Å². The molecule has 0 atom stereocenters. The van der Waals surface area contributed by atoms with Gasteiger partial charge in [0, 0.05) is 16.7 Å². The van der Waals surface area contributed by atoms with Crippen molar-refractivity contribution in [2.75, 3.05) is 11.2 Å². The van der Waals surface area contributed by atoms with Crippen LogP contribution in [0.25, 0.3) is 6.08 Å². The molecule has 0 aliphatic rings. The van der Waals surface area contributed by atoms with Gasteiger partial charge in [0.15, 0.2) is 0 Å². The molecule has 0 saturated carbocycles. The molecular formula is C21H20F3N3O2S. The van der Waals surface area contributed by atoms with Crippen molar-refractivity contribution < 1.29 is 23.1 Å². The molecule has 0 aliphatic carbocycles. The van der Waals surface area contributed by atoms with Crippen LogP contribution in [0, 0.1) is 12.3 Å². The van der Waals surface area contributed by atoms with Crippen molar-refractivity contribution in [1.29, 1.82) is 5.41 Å². The van der Waals surface area contributed by atoms with Gasteiger partial charge in [-0.2, -0.15) is 18.3 Å². The van der Waals surface area contributed by atoms with Gasteiger partial charge in [0.1, 0.15) is 0 Å². The summed E-state index contributed by atoms with van der Waals surface area (Å²) >= 11 is 1.43. The van der Waals surface area contributed by atoms with Crippen molar-refractivity contribution >= 4 is 40.9 Å². The van der Waals surface area contributed by atoms with Crippen molar-refractivity contribution in [3.05, 3.63) is 65.2 Å². The van der Waals surface area contributed by atoms with E-state index in [0.29, 0.717) is 17.2 Å². The third-order valence-corrected chi connectivity index (χ3v) is 5.05. The summed E-state index contributed by atoms with van der Waals surface area (Å²) < 4.78 is 37.7. The molecule has 30 heavy (non-hydrogen) atoms. The minimum absolute atomic E-state index is 0.270.